The predicted molar refractivity (Wildman–Crippen MR) is 77.5 cm³/mol. The number of pyridine rings is 1. The van der Waals surface area contributed by atoms with Gasteiger partial charge in [-0.3, -0.25) is 4.79 Å². The minimum Gasteiger partial charge on any atom is -0.475 e. The van der Waals surface area contributed by atoms with E-state index in [9.17, 15) is 4.79 Å². The van der Waals surface area contributed by atoms with E-state index in [4.69, 9.17) is 4.74 Å². The van der Waals surface area contributed by atoms with E-state index in [0.29, 0.717) is 12.4 Å². The van der Waals surface area contributed by atoms with Gasteiger partial charge in [-0.1, -0.05) is 6.42 Å². The van der Waals surface area contributed by atoms with Crippen LogP contribution >= 0.6 is 0 Å². The third kappa shape index (κ3) is 4.49. The van der Waals surface area contributed by atoms with Gasteiger partial charge in [-0.2, -0.15) is 0 Å². The molecule has 0 spiro atoms. The summed E-state index contributed by atoms with van der Waals surface area (Å²) >= 11 is 0. The Morgan fingerprint density at radius 3 is 3.10 bits per heavy atom. The number of ether oxygens (including phenoxy) is 1. The molecule has 5 nitrogen and oxygen atoms in total. The normalized spacial score (nSPS) is 18.9. The Labute approximate surface area is 120 Å². The average molecular weight is 277 g/mol. The summed E-state index contributed by atoms with van der Waals surface area (Å²) < 4.78 is 5.54. The van der Waals surface area contributed by atoms with E-state index in [0.717, 1.165) is 31.4 Å². The first kappa shape index (κ1) is 14.8. The summed E-state index contributed by atoms with van der Waals surface area (Å²) in [7, 11) is 0. The maximum absolute atomic E-state index is 12.0. The minimum atomic E-state index is -0.0445. The number of carbonyl (C=O) groups is 1. The molecule has 0 bridgehead atoms. The second-order valence-corrected chi connectivity index (χ2v) is 5.39. The summed E-state index contributed by atoms with van der Waals surface area (Å²) in [6.45, 7) is 5.36. The van der Waals surface area contributed by atoms with Crippen molar-refractivity contribution in [3.63, 3.8) is 0 Å². The molecule has 0 saturated carbocycles. The Kier molecular flexibility index (Phi) is 5.35. The molecule has 20 heavy (non-hydrogen) atoms. The van der Waals surface area contributed by atoms with Crippen molar-refractivity contribution >= 4 is 5.91 Å². The molecule has 0 aromatic carbocycles. The van der Waals surface area contributed by atoms with Crippen LogP contribution in [0.15, 0.2) is 18.3 Å². The van der Waals surface area contributed by atoms with Crippen LogP contribution in [0.2, 0.25) is 0 Å². The molecule has 2 N–H and O–H groups in total. The van der Waals surface area contributed by atoms with Crippen molar-refractivity contribution in [3.05, 3.63) is 23.9 Å². The zero-order valence-corrected chi connectivity index (χ0v) is 12.2. The van der Waals surface area contributed by atoms with Gasteiger partial charge in [0.05, 0.1) is 12.1 Å². The Balaban J connectivity index is 1.85. The lowest BCUT2D eigenvalue weighted by atomic mass is 10.0. The number of nitrogens with zero attached hydrogens (tertiary/aromatic N) is 1. The summed E-state index contributed by atoms with van der Waals surface area (Å²) in [5.41, 5.74) is 1.000. The highest BCUT2D eigenvalue weighted by molar-refractivity contribution is 5.81. The van der Waals surface area contributed by atoms with E-state index in [2.05, 4.69) is 15.6 Å². The van der Waals surface area contributed by atoms with Crippen molar-refractivity contribution in [1.29, 1.82) is 0 Å². The van der Waals surface area contributed by atoms with Crippen LogP contribution in [0, 0.1) is 0 Å². The summed E-state index contributed by atoms with van der Waals surface area (Å²) in [5.74, 6) is 0.676. The van der Waals surface area contributed by atoms with E-state index in [1.807, 2.05) is 26.0 Å². The number of hydrogen-bond acceptors (Lipinski definition) is 4. The second kappa shape index (κ2) is 7.24. The third-order valence-corrected chi connectivity index (χ3v) is 3.25. The van der Waals surface area contributed by atoms with Crippen molar-refractivity contribution in [3.8, 4) is 5.88 Å². The zero-order chi connectivity index (χ0) is 14.4. The largest absolute Gasteiger partial charge is 0.475 e. The van der Waals surface area contributed by atoms with E-state index >= 15 is 0 Å². The number of piperidine rings is 1. The smallest absolute Gasteiger partial charge is 0.237 e. The van der Waals surface area contributed by atoms with Gasteiger partial charge in [-0.05, 0) is 44.9 Å². The number of nitrogens with one attached hydrogen (secondary N) is 2. The fourth-order valence-electron chi connectivity index (χ4n) is 2.25. The number of carbonyl (C=O) groups excluding carboxylic acids is 1. The molecule has 1 aromatic rings. The van der Waals surface area contributed by atoms with Gasteiger partial charge in [-0.15, -0.1) is 0 Å². The van der Waals surface area contributed by atoms with E-state index in [-0.39, 0.29) is 18.1 Å². The van der Waals surface area contributed by atoms with E-state index in [1.54, 1.807) is 6.20 Å². The molecule has 1 aliphatic heterocycles. The molecule has 1 saturated heterocycles. The molecule has 0 aliphatic carbocycles. The minimum absolute atomic E-state index is 0.0445. The fraction of sp³-hybridized carbons (Fsp3) is 0.600. The Hall–Kier alpha value is -1.62. The van der Waals surface area contributed by atoms with Gasteiger partial charge in [0, 0.05) is 18.8 Å². The van der Waals surface area contributed by atoms with Gasteiger partial charge in [0.1, 0.15) is 0 Å². The van der Waals surface area contributed by atoms with Crippen LogP contribution in [0.25, 0.3) is 0 Å². The van der Waals surface area contributed by atoms with Crippen LogP contribution in [0.3, 0.4) is 0 Å². The lowest BCUT2D eigenvalue weighted by Crippen LogP contribution is -2.46. The van der Waals surface area contributed by atoms with Gasteiger partial charge < -0.3 is 15.4 Å². The van der Waals surface area contributed by atoms with Crippen LogP contribution < -0.4 is 15.4 Å². The molecular formula is C15H23N3O2. The first-order valence-electron chi connectivity index (χ1n) is 7.28. The van der Waals surface area contributed by atoms with E-state index in [1.165, 1.54) is 0 Å². The van der Waals surface area contributed by atoms with Crippen LogP contribution in [0.5, 0.6) is 5.88 Å². The van der Waals surface area contributed by atoms with Gasteiger partial charge in [0.2, 0.25) is 11.8 Å². The molecule has 110 valence electrons. The molecule has 1 fully saturated rings. The van der Waals surface area contributed by atoms with Crippen molar-refractivity contribution in [2.75, 3.05) is 6.54 Å². The molecule has 2 heterocycles. The van der Waals surface area contributed by atoms with Crippen molar-refractivity contribution in [1.82, 2.24) is 15.6 Å². The quantitative estimate of drug-likeness (QED) is 0.858. The number of hydrogen-bond donors (Lipinski definition) is 2. The van der Waals surface area contributed by atoms with Crippen molar-refractivity contribution in [2.24, 2.45) is 0 Å². The third-order valence-electron chi connectivity index (χ3n) is 3.25. The van der Waals surface area contributed by atoms with Gasteiger partial charge >= 0.3 is 0 Å². The highest BCUT2D eigenvalue weighted by Crippen LogP contribution is 2.11. The maximum atomic E-state index is 12.0. The number of aromatic nitrogens is 1. The summed E-state index contributed by atoms with van der Waals surface area (Å²) in [6, 6.07) is 3.72. The number of amides is 1. The maximum Gasteiger partial charge on any atom is 0.237 e. The molecule has 1 aromatic heterocycles. The first-order valence-corrected chi connectivity index (χ1v) is 7.28. The Morgan fingerprint density at radius 2 is 2.40 bits per heavy atom. The van der Waals surface area contributed by atoms with Crippen LogP contribution in [-0.4, -0.2) is 29.6 Å². The highest BCUT2D eigenvalue weighted by Gasteiger charge is 2.19. The lowest BCUT2D eigenvalue weighted by Gasteiger charge is -2.22. The molecule has 0 radical (unpaired) electrons. The van der Waals surface area contributed by atoms with Crippen LogP contribution in [0.4, 0.5) is 0 Å². The van der Waals surface area contributed by atoms with Gasteiger partial charge in [0.15, 0.2) is 0 Å². The standard InChI is InChI=1S/C15H23N3O2/c1-11(2)20-14-9-12(6-8-17-14)10-18-15(19)13-5-3-4-7-16-13/h6,8-9,11,13,16H,3-5,7,10H2,1-2H3,(H,18,19). The predicted octanol–water partition coefficient (Wildman–Crippen LogP) is 1.63. The number of rotatable bonds is 5. The van der Waals surface area contributed by atoms with Crippen LogP contribution in [0.1, 0.15) is 38.7 Å². The molecule has 5 heteroatoms. The average Bonchev–Trinajstić information content (AvgIpc) is 2.45. The van der Waals surface area contributed by atoms with Crippen LogP contribution in [-0.2, 0) is 11.3 Å². The molecule has 1 amide bonds. The first-order chi connectivity index (χ1) is 9.65. The Morgan fingerprint density at radius 1 is 1.55 bits per heavy atom. The monoisotopic (exact) mass is 277 g/mol. The topological polar surface area (TPSA) is 63.2 Å². The van der Waals surface area contributed by atoms with Crippen molar-refractivity contribution < 1.29 is 9.53 Å². The highest BCUT2D eigenvalue weighted by atomic mass is 16.5. The molecule has 1 unspecified atom stereocenters. The molecule has 1 aliphatic rings. The second-order valence-electron chi connectivity index (χ2n) is 5.39. The van der Waals surface area contributed by atoms with Crippen molar-refractivity contribution in [2.45, 2.75) is 51.8 Å². The van der Waals surface area contributed by atoms with E-state index < -0.39 is 0 Å². The summed E-state index contributed by atoms with van der Waals surface area (Å²) in [4.78, 5) is 16.2. The summed E-state index contributed by atoms with van der Waals surface area (Å²) in [5, 5.41) is 6.21. The molecule has 1 atom stereocenters. The Bertz CT molecular complexity index is 442. The zero-order valence-electron chi connectivity index (χ0n) is 12.2. The fourth-order valence-corrected chi connectivity index (χ4v) is 2.25. The molecule has 2 rings (SSSR count). The van der Waals surface area contributed by atoms with Gasteiger partial charge in [0.25, 0.3) is 0 Å². The SMILES string of the molecule is CC(C)Oc1cc(CNC(=O)C2CCCCN2)ccn1. The lowest BCUT2D eigenvalue weighted by molar-refractivity contribution is -0.123. The summed E-state index contributed by atoms with van der Waals surface area (Å²) in [6.07, 6.45) is 5.00. The molecular weight excluding hydrogens is 254 g/mol. The van der Waals surface area contributed by atoms with Gasteiger partial charge in [-0.25, -0.2) is 4.98 Å².